The van der Waals surface area contributed by atoms with Crippen LogP contribution in [-0.2, 0) is 7.05 Å². The third-order valence-corrected chi connectivity index (χ3v) is 7.66. The van der Waals surface area contributed by atoms with Gasteiger partial charge in [0.05, 0.1) is 20.2 Å². The van der Waals surface area contributed by atoms with Crippen molar-refractivity contribution in [2.24, 2.45) is 7.05 Å². The van der Waals surface area contributed by atoms with Gasteiger partial charge in [0.25, 0.3) is 0 Å². The predicted molar refractivity (Wildman–Crippen MR) is 119 cm³/mol. The van der Waals surface area contributed by atoms with Gasteiger partial charge in [-0.05, 0) is 25.0 Å². The van der Waals surface area contributed by atoms with E-state index in [0.29, 0.717) is 11.3 Å². The molecular formula is C24H25N2OSi+. The summed E-state index contributed by atoms with van der Waals surface area (Å²) in [6.07, 6.45) is 2.29. The molecule has 0 aliphatic heterocycles. The average molecular weight is 386 g/mol. The fraction of sp³-hybridized carbons (Fsp3) is 0.250. The molecule has 0 radical (unpaired) electrons. The van der Waals surface area contributed by atoms with Crippen molar-refractivity contribution in [1.82, 2.24) is 0 Å². The minimum Gasteiger partial charge on any atom is -0.466 e. The Hall–Kier alpha value is -2.90. The van der Waals surface area contributed by atoms with Gasteiger partial charge in [-0.3, -0.25) is 0 Å². The number of para-hydroxylation sites is 1. The molecule has 0 aliphatic rings. The normalized spacial score (nSPS) is 11.9. The molecule has 0 unspecified atom stereocenters. The van der Waals surface area contributed by atoms with E-state index in [-0.39, 0.29) is 0 Å². The predicted octanol–water partition coefficient (Wildman–Crippen LogP) is 5.79. The Morgan fingerprint density at radius 2 is 1.68 bits per heavy atom. The van der Waals surface area contributed by atoms with E-state index in [2.05, 4.69) is 74.3 Å². The molecule has 0 saturated carbocycles. The summed E-state index contributed by atoms with van der Waals surface area (Å²) in [5, 5.41) is 3.54. The monoisotopic (exact) mass is 385 g/mol. The van der Waals surface area contributed by atoms with E-state index < -0.39 is 8.07 Å². The summed E-state index contributed by atoms with van der Waals surface area (Å²) >= 11 is 0. The van der Waals surface area contributed by atoms with Gasteiger partial charge in [0.15, 0.2) is 6.20 Å². The van der Waals surface area contributed by atoms with E-state index in [1.54, 1.807) is 0 Å². The largest absolute Gasteiger partial charge is 0.466 e. The van der Waals surface area contributed by atoms with Crippen LogP contribution >= 0.6 is 0 Å². The van der Waals surface area contributed by atoms with Crippen LogP contribution in [0, 0.1) is 20.4 Å². The van der Waals surface area contributed by atoms with Crippen LogP contribution in [0.1, 0.15) is 11.1 Å². The standard InChI is InChI=1S/C24H25N2OSi/c1-15-11-12-18-17-9-8-10-19(25-3)23(17)27-24(18)22(15)20-13-16(2)21(14-26(20)4)28(5,6)7/h8-14H,1-2,4-7H3/q+1. The molecule has 4 rings (SSSR count). The van der Waals surface area contributed by atoms with Crippen LogP contribution in [0.15, 0.2) is 47.0 Å². The third-order valence-electron chi connectivity index (χ3n) is 5.52. The van der Waals surface area contributed by atoms with Gasteiger partial charge >= 0.3 is 0 Å². The SMILES string of the molecule is [C-]#[N+]c1cccc2c1oc1c(-c3cc(C)c([Si](C)(C)C)c[n+]3C)c(C)ccc12. The first-order valence-corrected chi connectivity index (χ1v) is 13.1. The highest BCUT2D eigenvalue weighted by Crippen LogP contribution is 2.40. The summed E-state index contributed by atoms with van der Waals surface area (Å²) in [7, 11) is 0.698. The Balaban J connectivity index is 2.09. The topological polar surface area (TPSA) is 21.4 Å². The first-order valence-electron chi connectivity index (χ1n) is 9.56. The Morgan fingerprint density at radius 1 is 0.964 bits per heavy atom. The molecule has 0 saturated heterocycles. The van der Waals surface area contributed by atoms with E-state index in [1.807, 2.05) is 18.2 Å². The van der Waals surface area contributed by atoms with Crippen molar-refractivity contribution in [3.63, 3.8) is 0 Å². The smallest absolute Gasteiger partial charge is 0.229 e. The molecule has 0 spiro atoms. The second kappa shape index (κ2) is 6.32. The van der Waals surface area contributed by atoms with Crippen molar-refractivity contribution < 1.29 is 8.98 Å². The number of pyridine rings is 1. The Kier molecular flexibility index (Phi) is 4.17. The molecule has 0 atom stereocenters. The molecule has 2 aromatic heterocycles. The maximum atomic E-state index is 7.47. The molecule has 28 heavy (non-hydrogen) atoms. The molecule has 0 aliphatic carbocycles. The zero-order valence-electron chi connectivity index (χ0n) is 17.3. The molecular weight excluding hydrogens is 360 g/mol. The van der Waals surface area contributed by atoms with E-state index in [9.17, 15) is 0 Å². The van der Waals surface area contributed by atoms with Crippen LogP contribution in [0.5, 0.6) is 0 Å². The molecule has 0 fully saturated rings. The lowest BCUT2D eigenvalue weighted by Crippen LogP contribution is -2.46. The molecule has 2 heterocycles. The second-order valence-electron chi connectivity index (χ2n) is 8.62. The fourth-order valence-corrected chi connectivity index (χ4v) is 5.97. The Labute approximate surface area is 167 Å². The van der Waals surface area contributed by atoms with Crippen LogP contribution in [-0.4, -0.2) is 8.07 Å². The number of furan rings is 1. The summed E-state index contributed by atoms with van der Waals surface area (Å²) in [6, 6.07) is 12.3. The first kappa shape index (κ1) is 18.5. The van der Waals surface area contributed by atoms with Crippen LogP contribution < -0.4 is 9.75 Å². The van der Waals surface area contributed by atoms with E-state index in [4.69, 9.17) is 11.0 Å². The Morgan fingerprint density at radius 3 is 2.36 bits per heavy atom. The highest BCUT2D eigenvalue weighted by atomic mass is 28.3. The molecule has 4 aromatic rings. The quantitative estimate of drug-likeness (QED) is 0.243. The third kappa shape index (κ3) is 2.74. The molecule has 0 bridgehead atoms. The van der Waals surface area contributed by atoms with Crippen molar-refractivity contribution in [2.45, 2.75) is 33.5 Å². The van der Waals surface area contributed by atoms with Gasteiger partial charge in [0.2, 0.25) is 11.4 Å². The maximum Gasteiger partial charge on any atom is 0.229 e. The zero-order chi connectivity index (χ0) is 20.2. The maximum absolute atomic E-state index is 7.47. The number of fused-ring (bicyclic) bond motifs is 3. The minimum absolute atomic E-state index is 0.562. The lowest BCUT2D eigenvalue weighted by molar-refractivity contribution is -0.659. The van der Waals surface area contributed by atoms with Gasteiger partial charge in [-0.15, -0.1) is 0 Å². The van der Waals surface area contributed by atoms with Crippen molar-refractivity contribution in [3.05, 3.63) is 65.1 Å². The van der Waals surface area contributed by atoms with Crippen molar-refractivity contribution in [2.75, 3.05) is 0 Å². The van der Waals surface area contributed by atoms with Crippen molar-refractivity contribution >= 4 is 40.9 Å². The summed E-state index contributed by atoms with van der Waals surface area (Å²) < 4.78 is 8.54. The first-order chi connectivity index (χ1) is 13.2. The minimum atomic E-state index is -1.42. The molecule has 2 aromatic carbocycles. The molecule has 4 heteroatoms. The molecule has 0 amide bonds. The summed E-state index contributed by atoms with van der Waals surface area (Å²) in [5.41, 5.74) is 6.86. The number of aryl methyl sites for hydroxylation is 3. The van der Waals surface area contributed by atoms with Crippen LogP contribution in [0.4, 0.5) is 5.69 Å². The lowest BCUT2D eigenvalue weighted by atomic mass is 10.00. The summed E-state index contributed by atoms with van der Waals surface area (Å²) in [6.45, 7) is 18.9. The van der Waals surface area contributed by atoms with Gasteiger partial charge in [0, 0.05) is 22.0 Å². The highest BCUT2D eigenvalue weighted by Gasteiger charge is 2.26. The summed E-state index contributed by atoms with van der Waals surface area (Å²) in [4.78, 5) is 3.64. The van der Waals surface area contributed by atoms with E-state index in [1.165, 1.54) is 16.3 Å². The number of aromatic nitrogens is 1. The summed E-state index contributed by atoms with van der Waals surface area (Å²) in [5.74, 6) is 0. The lowest BCUT2D eigenvalue weighted by Gasteiger charge is -2.18. The van der Waals surface area contributed by atoms with Gasteiger partial charge in [-0.2, -0.15) is 0 Å². The number of benzene rings is 2. The fourth-order valence-electron chi connectivity index (χ4n) is 4.14. The van der Waals surface area contributed by atoms with Gasteiger partial charge in [-0.1, -0.05) is 50.0 Å². The van der Waals surface area contributed by atoms with Crippen molar-refractivity contribution in [1.29, 1.82) is 0 Å². The highest BCUT2D eigenvalue weighted by molar-refractivity contribution is 6.88. The number of nitrogens with zero attached hydrogens (tertiary/aromatic N) is 2. The van der Waals surface area contributed by atoms with Crippen LogP contribution in [0.25, 0.3) is 38.0 Å². The molecule has 140 valence electrons. The number of rotatable bonds is 2. The number of hydrogen-bond donors (Lipinski definition) is 0. The van der Waals surface area contributed by atoms with Crippen LogP contribution in [0.3, 0.4) is 0 Å². The van der Waals surface area contributed by atoms with Gasteiger partial charge in [0.1, 0.15) is 18.2 Å². The molecule has 3 nitrogen and oxygen atoms in total. The van der Waals surface area contributed by atoms with E-state index in [0.717, 1.165) is 27.6 Å². The second-order valence-corrected chi connectivity index (χ2v) is 13.7. The van der Waals surface area contributed by atoms with E-state index >= 15 is 0 Å². The van der Waals surface area contributed by atoms with Crippen molar-refractivity contribution in [3.8, 4) is 11.3 Å². The zero-order valence-corrected chi connectivity index (χ0v) is 18.3. The molecule has 0 N–H and O–H groups in total. The van der Waals surface area contributed by atoms with Gasteiger partial charge in [-0.25, -0.2) is 9.41 Å². The van der Waals surface area contributed by atoms with Gasteiger partial charge < -0.3 is 4.42 Å². The Bertz CT molecular complexity index is 1290. The number of hydrogen-bond acceptors (Lipinski definition) is 1. The average Bonchev–Trinajstić information content (AvgIpc) is 3.01. The van der Waals surface area contributed by atoms with Crippen LogP contribution in [0.2, 0.25) is 19.6 Å².